The molecule has 0 unspecified atom stereocenters. The smallest absolute Gasteiger partial charge is 0.253 e. The number of carbonyl (C=O) groups is 1. The van der Waals surface area contributed by atoms with E-state index >= 15 is 0 Å². The van der Waals surface area contributed by atoms with Crippen LogP contribution in [0.4, 0.5) is 5.69 Å². The third kappa shape index (κ3) is 2.78. The predicted octanol–water partition coefficient (Wildman–Crippen LogP) is 2.60. The Morgan fingerprint density at radius 1 is 1.35 bits per heavy atom. The van der Waals surface area contributed by atoms with Gasteiger partial charge >= 0.3 is 0 Å². The molecule has 1 aromatic rings. The van der Waals surface area contributed by atoms with E-state index in [4.69, 9.17) is 0 Å². The lowest BCUT2D eigenvalue weighted by atomic mass is 9.82. The molecule has 2 rings (SSSR count). The molecular formula is C14H20N2O. The Kier molecular flexibility index (Phi) is 3.36. The molecule has 0 bridgehead atoms. The first kappa shape index (κ1) is 12.0. The van der Waals surface area contributed by atoms with Crippen LogP contribution in [0.1, 0.15) is 30.1 Å². The Balaban J connectivity index is 2.04. The Labute approximate surface area is 103 Å². The topological polar surface area (TPSA) is 32.3 Å². The average Bonchev–Trinajstić information content (AvgIpc) is 2.26. The van der Waals surface area contributed by atoms with Crippen LogP contribution in [0, 0.1) is 5.92 Å². The lowest BCUT2D eigenvalue weighted by Gasteiger charge is -2.34. The minimum Gasteiger partial charge on any atom is -0.382 e. The molecule has 17 heavy (non-hydrogen) atoms. The quantitative estimate of drug-likeness (QED) is 0.868. The molecule has 0 radical (unpaired) electrons. The van der Waals surface area contributed by atoms with Gasteiger partial charge in [-0.15, -0.1) is 0 Å². The summed E-state index contributed by atoms with van der Waals surface area (Å²) in [5, 5.41) is 3.47. The average molecular weight is 232 g/mol. The first-order valence-corrected chi connectivity index (χ1v) is 6.14. The van der Waals surface area contributed by atoms with Crippen molar-refractivity contribution in [3.63, 3.8) is 0 Å². The van der Waals surface area contributed by atoms with Gasteiger partial charge in [0.05, 0.1) is 0 Å². The predicted molar refractivity (Wildman–Crippen MR) is 70.3 cm³/mol. The van der Waals surface area contributed by atoms with Gasteiger partial charge in [0.2, 0.25) is 0 Å². The van der Waals surface area contributed by atoms with Crippen molar-refractivity contribution in [3.05, 3.63) is 29.8 Å². The van der Waals surface area contributed by atoms with Crippen LogP contribution in [0.5, 0.6) is 0 Å². The number of carbonyl (C=O) groups excluding carboxylic acids is 1. The largest absolute Gasteiger partial charge is 0.382 e. The maximum atomic E-state index is 11.8. The third-order valence-corrected chi connectivity index (χ3v) is 3.26. The highest BCUT2D eigenvalue weighted by molar-refractivity contribution is 5.94. The van der Waals surface area contributed by atoms with Gasteiger partial charge in [-0.2, -0.15) is 0 Å². The Hall–Kier alpha value is -1.51. The van der Waals surface area contributed by atoms with Gasteiger partial charge in [-0.25, -0.2) is 0 Å². The van der Waals surface area contributed by atoms with Crippen LogP contribution in [0.15, 0.2) is 24.3 Å². The van der Waals surface area contributed by atoms with Crippen LogP contribution < -0.4 is 5.32 Å². The number of hydrogen-bond donors (Lipinski definition) is 1. The van der Waals surface area contributed by atoms with Gasteiger partial charge in [-0.05, 0) is 37.0 Å². The normalized spacial score (nSPS) is 22.8. The molecule has 3 nitrogen and oxygen atoms in total. The molecule has 1 saturated carbocycles. The van der Waals surface area contributed by atoms with Gasteiger partial charge in [0.1, 0.15) is 0 Å². The van der Waals surface area contributed by atoms with Crippen LogP contribution in [0.2, 0.25) is 0 Å². The number of anilines is 1. The first-order chi connectivity index (χ1) is 8.06. The van der Waals surface area contributed by atoms with Crippen molar-refractivity contribution in [3.8, 4) is 0 Å². The zero-order valence-corrected chi connectivity index (χ0v) is 10.7. The fourth-order valence-electron chi connectivity index (χ4n) is 2.26. The van der Waals surface area contributed by atoms with Gasteiger partial charge in [0.25, 0.3) is 5.91 Å². The summed E-state index contributed by atoms with van der Waals surface area (Å²) in [5.74, 6) is 0.884. The molecule has 0 heterocycles. The highest BCUT2D eigenvalue weighted by atomic mass is 16.2. The SMILES string of the molecule is CC1CC(Nc2cccc(C(=O)N(C)C)c2)C1. The molecular weight excluding hydrogens is 212 g/mol. The molecule has 1 aromatic carbocycles. The number of nitrogens with one attached hydrogen (secondary N) is 1. The zero-order chi connectivity index (χ0) is 12.4. The minimum atomic E-state index is 0.0515. The summed E-state index contributed by atoms with van der Waals surface area (Å²) in [7, 11) is 3.55. The first-order valence-electron chi connectivity index (χ1n) is 6.14. The second-order valence-electron chi connectivity index (χ2n) is 5.20. The molecule has 1 aliphatic carbocycles. The van der Waals surface area contributed by atoms with E-state index < -0.39 is 0 Å². The van der Waals surface area contributed by atoms with E-state index in [1.165, 1.54) is 12.8 Å². The van der Waals surface area contributed by atoms with Gasteiger partial charge in [0, 0.05) is 31.4 Å². The van der Waals surface area contributed by atoms with Gasteiger partial charge in [-0.1, -0.05) is 13.0 Å². The molecule has 1 amide bonds. The van der Waals surface area contributed by atoms with Crippen molar-refractivity contribution in [1.29, 1.82) is 0 Å². The van der Waals surface area contributed by atoms with Crippen molar-refractivity contribution in [2.45, 2.75) is 25.8 Å². The zero-order valence-electron chi connectivity index (χ0n) is 10.7. The van der Waals surface area contributed by atoms with E-state index in [0.29, 0.717) is 6.04 Å². The molecule has 0 spiro atoms. The van der Waals surface area contributed by atoms with E-state index in [2.05, 4.69) is 12.2 Å². The summed E-state index contributed by atoms with van der Waals surface area (Å²) < 4.78 is 0. The summed E-state index contributed by atoms with van der Waals surface area (Å²) >= 11 is 0. The maximum absolute atomic E-state index is 11.8. The summed E-state index contributed by atoms with van der Waals surface area (Å²) in [5.41, 5.74) is 1.79. The lowest BCUT2D eigenvalue weighted by molar-refractivity contribution is 0.0827. The molecule has 3 heteroatoms. The van der Waals surface area contributed by atoms with Gasteiger partial charge < -0.3 is 10.2 Å². The summed E-state index contributed by atoms with van der Waals surface area (Å²) in [4.78, 5) is 13.4. The highest BCUT2D eigenvalue weighted by Gasteiger charge is 2.24. The minimum absolute atomic E-state index is 0.0515. The third-order valence-electron chi connectivity index (χ3n) is 3.26. The second kappa shape index (κ2) is 4.78. The van der Waals surface area contributed by atoms with Crippen molar-refractivity contribution in [2.75, 3.05) is 19.4 Å². The van der Waals surface area contributed by atoms with Gasteiger partial charge in [0.15, 0.2) is 0 Å². The fraction of sp³-hybridized carbons (Fsp3) is 0.500. The molecule has 1 N–H and O–H groups in total. The van der Waals surface area contributed by atoms with Crippen LogP contribution >= 0.6 is 0 Å². The van der Waals surface area contributed by atoms with Crippen molar-refractivity contribution in [1.82, 2.24) is 4.90 Å². The van der Waals surface area contributed by atoms with E-state index in [1.54, 1.807) is 19.0 Å². The fourth-order valence-corrected chi connectivity index (χ4v) is 2.26. The van der Waals surface area contributed by atoms with Crippen LogP contribution in [-0.2, 0) is 0 Å². The van der Waals surface area contributed by atoms with E-state index in [9.17, 15) is 4.79 Å². The van der Waals surface area contributed by atoms with Crippen LogP contribution in [0.3, 0.4) is 0 Å². The molecule has 0 saturated heterocycles. The number of benzene rings is 1. The lowest BCUT2D eigenvalue weighted by Crippen LogP contribution is -2.33. The Bertz CT molecular complexity index is 408. The second-order valence-corrected chi connectivity index (χ2v) is 5.20. The standard InChI is InChI=1S/C14H20N2O/c1-10-7-13(8-10)15-12-6-4-5-11(9-12)14(17)16(2)3/h4-6,9-10,13,15H,7-8H2,1-3H3. The highest BCUT2D eigenvalue weighted by Crippen LogP contribution is 2.29. The number of amides is 1. The molecule has 1 aliphatic rings. The molecule has 0 aromatic heterocycles. The molecule has 0 atom stereocenters. The van der Waals surface area contributed by atoms with Crippen molar-refractivity contribution < 1.29 is 4.79 Å². The van der Waals surface area contributed by atoms with E-state index in [0.717, 1.165) is 17.2 Å². The summed E-state index contributed by atoms with van der Waals surface area (Å²) in [6.45, 7) is 2.27. The van der Waals surface area contributed by atoms with E-state index in [1.807, 2.05) is 24.3 Å². The number of nitrogens with zero attached hydrogens (tertiary/aromatic N) is 1. The Morgan fingerprint density at radius 3 is 2.65 bits per heavy atom. The number of hydrogen-bond acceptors (Lipinski definition) is 2. The van der Waals surface area contributed by atoms with Gasteiger partial charge in [-0.3, -0.25) is 4.79 Å². The summed E-state index contributed by atoms with van der Waals surface area (Å²) in [6.07, 6.45) is 2.46. The molecule has 1 fully saturated rings. The van der Waals surface area contributed by atoms with Crippen LogP contribution in [-0.4, -0.2) is 30.9 Å². The van der Waals surface area contributed by atoms with E-state index in [-0.39, 0.29) is 5.91 Å². The Morgan fingerprint density at radius 2 is 2.06 bits per heavy atom. The van der Waals surface area contributed by atoms with Crippen molar-refractivity contribution >= 4 is 11.6 Å². The summed E-state index contributed by atoms with van der Waals surface area (Å²) in [6, 6.07) is 8.33. The monoisotopic (exact) mass is 232 g/mol. The number of rotatable bonds is 3. The molecule has 0 aliphatic heterocycles. The maximum Gasteiger partial charge on any atom is 0.253 e. The van der Waals surface area contributed by atoms with Crippen LogP contribution in [0.25, 0.3) is 0 Å². The molecule has 92 valence electrons. The van der Waals surface area contributed by atoms with Crippen molar-refractivity contribution in [2.24, 2.45) is 5.92 Å².